The summed E-state index contributed by atoms with van der Waals surface area (Å²) in [6, 6.07) is 15.1. The van der Waals surface area contributed by atoms with E-state index in [0.29, 0.717) is 18.1 Å². The maximum absolute atomic E-state index is 12.6. The van der Waals surface area contributed by atoms with E-state index in [1.54, 1.807) is 14.2 Å². The lowest BCUT2D eigenvalue weighted by atomic mass is 9.74. The fourth-order valence-corrected chi connectivity index (χ4v) is 5.43. The first-order valence-electron chi connectivity index (χ1n) is 10.3. The first kappa shape index (κ1) is 20.1. The molecule has 2 aromatic carbocycles. The van der Waals surface area contributed by atoms with Gasteiger partial charge in [0.05, 0.1) is 38.3 Å². The zero-order valence-corrected chi connectivity index (χ0v) is 18.1. The second-order valence-electron chi connectivity index (χ2n) is 8.12. The van der Waals surface area contributed by atoms with Crippen LogP contribution in [-0.4, -0.2) is 59.6 Å². The number of carbonyl (C=O) groups is 1. The number of carbonyl (C=O) groups excluding carboxylic acids is 1. The van der Waals surface area contributed by atoms with Crippen LogP contribution in [0.4, 0.5) is 5.69 Å². The van der Waals surface area contributed by atoms with E-state index in [4.69, 9.17) is 26.4 Å². The number of fused-ring (bicyclic) bond motifs is 2. The van der Waals surface area contributed by atoms with E-state index in [0.717, 1.165) is 22.7 Å². The molecule has 8 heteroatoms. The minimum atomic E-state index is -0.694. The van der Waals surface area contributed by atoms with Crippen molar-refractivity contribution in [3.8, 4) is 11.5 Å². The molecule has 4 aliphatic rings. The van der Waals surface area contributed by atoms with Crippen LogP contribution in [0.3, 0.4) is 0 Å². The molecule has 5 atom stereocenters. The molecule has 4 fully saturated rings. The molecule has 0 radical (unpaired) electrons. The number of aliphatic hydroxyl groups is 1. The summed E-state index contributed by atoms with van der Waals surface area (Å²) >= 11 is 5.93. The summed E-state index contributed by atoms with van der Waals surface area (Å²) in [5, 5.41) is 11.3. The Labute approximate surface area is 186 Å². The van der Waals surface area contributed by atoms with Gasteiger partial charge in [-0.2, -0.15) is 0 Å². The largest absolute Gasteiger partial charge is 0.497 e. The zero-order chi connectivity index (χ0) is 21.7. The first-order chi connectivity index (χ1) is 15.0. The second kappa shape index (κ2) is 7.69. The molecule has 1 aliphatic carbocycles. The standard InChI is InChI=1S/C23H24N2O5S/c1-28-15-7-3-13(4-8-15)12-24-20-19(17-11-18(26)21(20)30-22(17)27)25(23(24)31)14-5-9-16(29-2)10-6-14/h3-10,17-21,26H,11-12H2,1-2H3/t17-,18+,19+,20-,21-/m0/s1. The van der Waals surface area contributed by atoms with Crippen molar-refractivity contribution in [2.24, 2.45) is 5.92 Å². The summed E-state index contributed by atoms with van der Waals surface area (Å²) in [5.41, 5.74) is 1.95. The maximum Gasteiger partial charge on any atom is 0.311 e. The van der Waals surface area contributed by atoms with Gasteiger partial charge in [-0.3, -0.25) is 4.79 Å². The predicted molar refractivity (Wildman–Crippen MR) is 118 cm³/mol. The van der Waals surface area contributed by atoms with Gasteiger partial charge in [0.15, 0.2) is 5.11 Å². The fourth-order valence-electron chi connectivity index (χ4n) is 5.01. The van der Waals surface area contributed by atoms with Crippen LogP contribution in [0, 0.1) is 5.92 Å². The SMILES string of the molecule is COc1ccc(CN2C(=S)N(c3ccc(OC)cc3)[C@H]3[C@H]2[C@H]2OC(=O)[C@H]3C[C@H]2O)cc1. The van der Waals surface area contributed by atoms with Crippen LogP contribution < -0.4 is 14.4 Å². The van der Waals surface area contributed by atoms with Gasteiger partial charge in [-0.25, -0.2) is 0 Å². The fraction of sp³-hybridized carbons (Fsp3) is 0.391. The molecule has 6 rings (SSSR count). The molecule has 3 saturated heterocycles. The summed E-state index contributed by atoms with van der Waals surface area (Å²) in [4.78, 5) is 16.7. The Hall–Kier alpha value is -2.84. The lowest BCUT2D eigenvalue weighted by Crippen LogP contribution is -2.66. The monoisotopic (exact) mass is 440 g/mol. The summed E-state index contributed by atoms with van der Waals surface area (Å²) in [6.07, 6.45) is -0.918. The van der Waals surface area contributed by atoms with Crippen LogP contribution in [0.25, 0.3) is 0 Å². The van der Waals surface area contributed by atoms with Crippen LogP contribution in [0.1, 0.15) is 12.0 Å². The van der Waals surface area contributed by atoms with Gasteiger partial charge in [0.2, 0.25) is 0 Å². The molecule has 0 aromatic heterocycles. The Morgan fingerprint density at radius 3 is 2.26 bits per heavy atom. The summed E-state index contributed by atoms with van der Waals surface area (Å²) in [6.45, 7) is 0.546. The van der Waals surface area contributed by atoms with Gasteiger partial charge in [0, 0.05) is 12.2 Å². The molecule has 0 spiro atoms. The number of ether oxygens (including phenoxy) is 3. The molecule has 31 heavy (non-hydrogen) atoms. The van der Waals surface area contributed by atoms with Crippen LogP contribution in [0.15, 0.2) is 48.5 Å². The number of hydrogen-bond acceptors (Lipinski definition) is 6. The minimum Gasteiger partial charge on any atom is -0.497 e. The predicted octanol–water partition coefficient (Wildman–Crippen LogP) is 2.35. The minimum absolute atomic E-state index is 0.186. The number of anilines is 1. The van der Waals surface area contributed by atoms with Crippen molar-refractivity contribution in [1.82, 2.24) is 4.90 Å². The topological polar surface area (TPSA) is 71.5 Å². The number of aliphatic hydroxyl groups excluding tert-OH is 1. The molecule has 0 unspecified atom stereocenters. The van der Waals surface area contributed by atoms with E-state index in [1.807, 2.05) is 53.4 Å². The summed E-state index contributed by atoms with van der Waals surface area (Å²) in [5.74, 6) is 0.835. The third-order valence-corrected chi connectivity index (χ3v) is 6.93. The molecule has 1 saturated carbocycles. The van der Waals surface area contributed by atoms with Crippen molar-refractivity contribution < 1.29 is 24.1 Å². The van der Waals surface area contributed by atoms with Gasteiger partial charge >= 0.3 is 5.97 Å². The van der Waals surface area contributed by atoms with Crippen LogP contribution in [0.2, 0.25) is 0 Å². The number of esters is 1. The summed E-state index contributed by atoms with van der Waals surface area (Å²) < 4.78 is 16.2. The highest BCUT2D eigenvalue weighted by Gasteiger charge is 2.62. The van der Waals surface area contributed by atoms with Gasteiger partial charge in [0.1, 0.15) is 17.6 Å². The van der Waals surface area contributed by atoms with Gasteiger partial charge < -0.3 is 29.1 Å². The number of hydrogen-bond donors (Lipinski definition) is 1. The van der Waals surface area contributed by atoms with Gasteiger partial charge in [-0.15, -0.1) is 0 Å². The van der Waals surface area contributed by atoms with Gasteiger partial charge in [0.25, 0.3) is 0 Å². The van der Waals surface area contributed by atoms with Crippen molar-refractivity contribution >= 4 is 29.0 Å². The first-order valence-corrected chi connectivity index (χ1v) is 10.7. The highest BCUT2D eigenvalue weighted by Crippen LogP contribution is 2.46. The Bertz CT molecular complexity index is 996. The lowest BCUT2D eigenvalue weighted by molar-refractivity contribution is -0.194. The Morgan fingerprint density at radius 2 is 1.65 bits per heavy atom. The highest BCUT2D eigenvalue weighted by molar-refractivity contribution is 7.80. The second-order valence-corrected chi connectivity index (χ2v) is 8.48. The molecular formula is C23H24N2O5S. The van der Waals surface area contributed by atoms with E-state index < -0.39 is 18.1 Å². The highest BCUT2D eigenvalue weighted by atomic mass is 32.1. The van der Waals surface area contributed by atoms with Crippen molar-refractivity contribution in [2.75, 3.05) is 19.1 Å². The van der Waals surface area contributed by atoms with Gasteiger partial charge in [-0.05, 0) is 60.6 Å². The van der Waals surface area contributed by atoms with Crippen LogP contribution in [-0.2, 0) is 16.1 Å². The number of rotatable bonds is 5. The van der Waals surface area contributed by atoms with Crippen molar-refractivity contribution in [3.63, 3.8) is 0 Å². The molecule has 162 valence electrons. The van der Waals surface area contributed by atoms with Gasteiger partial charge in [-0.1, -0.05) is 12.1 Å². The third-order valence-electron chi connectivity index (χ3n) is 6.50. The normalized spacial score (nSPS) is 29.1. The van der Waals surface area contributed by atoms with Crippen LogP contribution in [0.5, 0.6) is 11.5 Å². The number of benzene rings is 2. The summed E-state index contributed by atoms with van der Waals surface area (Å²) in [7, 11) is 3.26. The lowest BCUT2D eigenvalue weighted by Gasteiger charge is -2.49. The maximum atomic E-state index is 12.6. The molecule has 2 bridgehead atoms. The molecular weight excluding hydrogens is 416 g/mol. The van der Waals surface area contributed by atoms with E-state index >= 15 is 0 Å². The smallest absolute Gasteiger partial charge is 0.311 e. The Kier molecular flexibility index (Phi) is 4.98. The van der Waals surface area contributed by atoms with E-state index in [-0.39, 0.29) is 18.1 Å². The van der Waals surface area contributed by atoms with Crippen LogP contribution >= 0.6 is 12.2 Å². The van der Waals surface area contributed by atoms with E-state index in [9.17, 15) is 9.90 Å². The number of nitrogens with zero attached hydrogens (tertiary/aromatic N) is 2. The number of thiocarbonyl (C=S) groups is 1. The molecule has 2 aromatic rings. The number of methoxy groups -OCH3 is 2. The average Bonchev–Trinajstić information content (AvgIpc) is 3.08. The Balaban J connectivity index is 1.53. The average molecular weight is 441 g/mol. The molecule has 1 N–H and O–H groups in total. The molecule has 7 nitrogen and oxygen atoms in total. The van der Waals surface area contributed by atoms with Crippen molar-refractivity contribution in [3.05, 3.63) is 54.1 Å². The Morgan fingerprint density at radius 1 is 1.03 bits per heavy atom. The molecule has 3 heterocycles. The van der Waals surface area contributed by atoms with E-state index in [2.05, 4.69) is 4.90 Å². The molecule has 3 aliphatic heterocycles. The third kappa shape index (κ3) is 3.21. The zero-order valence-electron chi connectivity index (χ0n) is 17.3. The van der Waals surface area contributed by atoms with Crippen molar-refractivity contribution in [1.29, 1.82) is 0 Å². The van der Waals surface area contributed by atoms with Crippen molar-refractivity contribution in [2.45, 2.75) is 37.3 Å². The quantitative estimate of drug-likeness (QED) is 0.561. The van der Waals surface area contributed by atoms with E-state index in [1.165, 1.54) is 0 Å². The molecule has 0 amide bonds.